The minimum atomic E-state index is -0.124. The highest BCUT2D eigenvalue weighted by Gasteiger charge is 2.21. The summed E-state index contributed by atoms with van der Waals surface area (Å²) in [5.74, 6) is 1.76. The monoisotopic (exact) mass is 355 g/mol. The van der Waals surface area contributed by atoms with E-state index in [2.05, 4.69) is 23.0 Å². The average molecular weight is 356 g/mol. The lowest BCUT2D eigenvalue weighted by atomic mass is 9.83. The predicted octanol–water partition coefficient (Wildman–Crippen LogP) is 2.74. The third kappa shape index (κ3) is 7.03. The van der Waals surface area contributed by atoms with Crippen LogP contribution in [0.3, 0.4) is 0 Å². The molecule has 0 unspecified atom stereocenters. The molecular formula is C18H33N3O2S. The number of thioether (sulfide) groups is 1. The van der Waals surface area contributed by atoms with Crippen LogP contribution in [0.4, 0.5) is 4.79 Å². The van der Waals surface area contributed by atoms with Crippen molar-refractivity contribution in [2.24, 2.45) is 11.7 Å². The van der Waals surface area contributed by atoms with Gasteiger partial charge in [-0.05, 0) is 62.7 Å². The van der Waals surface area contributed by atoms with Crippen molar-refractivity contribution in [2.45, 2.75) is 76.5 Å². The van der Waals surface area contributed by atoms with Crippen LogP contribution < -0.4 is 16.4 Å². The van der Waals surface area contributed by atoms with Crippen molar-refractivity contribution < 1.29 is 9.90 Å². The second-order valence-corrected chi connectivity index (χ2v) is 8.21. The van der Waals surface area contributed by atoms with E-state index in [1.54, 1.807) is 0 Å². The first-order valence-electron chi connectivity index (χ1n) is 9.34. The number of aliphatic hydroxyl groups excluding tert-OH is 1. The van der Waals surface area contributed by atoms with Crippen molar-refractivity contribution in [1.82, 2.24) is 10.6 Å². The first-order valence-corrected chi connectivity index (χ1v) is 10.4. The third-order valence-corrected chi connectivity index (χ3v) is 6.04. The fraction of sp³-hybridized carbons (Fsp3) is 0.833. The van der Waals surface area contributed by atoms with Gasteiger partial charge in [0.25, 0.3) is 0 Å². The van der Waals surface area contributed by atoms with E-state index in [1.165, 1.54) is 11.3 Å². The second-order valence-electron chi connectivity index (χ2n) is 7.23. The van der Waals surface area contributed by atoms with Crippen molar-refractivity contribution in [3.05, 3.63) is 11.0 Å². The molecule has 138 valence electrons. The van der Waals surface area contributed by atoms with E-state index in [-0.39, 0.29) is 24.2 Å². The van der Waals surface area contributed by atoms with Gasteiger partial charge in [-0.2, -0.15) is 0 Å². The van der Waals surface area contributed by atoms with Crippen LogP contribution in [0.1, 0.15) is 58.3 Å². The van der Waals surface area contributed by atoms with Gasteiger partial charge in [-0.25, -0.2) is 4.79 Å². The summed E-state index contributed by atoms with van der Waals surface area (Å²) in [4.78, 5) is 12.1. The van der Waals surface area contributed by atoms with E-state index in [9.17, 15) is 9.90 Å². The molecule has 1 aliphatic heterocycles. The Morgan fingerprint density at radius 2 is 2.17 bits per heavy atom. The molecule has 0 saturated heterocycles. The van der Waals surface area contributed by atoms with Gasteiger partial charge < -0.3 is 21.5 Å². The number of hydrogen-bond acceptors (Lipinski definition) is 4. The van der Waals surface area contributed by atoms with Gasteiger partial charge in [0, 0.05) is 24.4 Å². The van der Waals surface area contributed by atoms with Crippen molar-refractivity contribution in [3.8, 4) is 0 Å². The number of hydrogen-bond donors (Lipinski definition) is 4. The van der Waals surface area contributed by atoms with Crippen molar-refractivity contribution >= 4 is 17.8 Å². The molecular weight excluding hydrogens is 322 g/mol. The minimum Gasteiger partial charge on any atom is -0.393 e. The van der Waals surface area contributed by atoms with E-state index in [1.807, 2.05) is 11.8 Å². The summed E-state index contributed by atoms with van der Waals surface area (Å²) in [6.45, 7) is 2.62. The molecule has 24 heavy (non-hydrogen) atoms. The highest BCUT2D eigenvalue weighted by Crippen LogP contribution is 2.27. The lowest BCUT2D eigenvalue weighted by molar-refractivity contribution is 0.104. The van der Waals surface area contributed by atoms with E-state index in [0.717, 1.165) is 51.4 Å². The zero-order chi connectivity index (χ0) is 17.4. The van der Waals surface area contributed by atoms with Crippen molar-refractivity contribution in [1.29, 1.82) is 0 Å². The van der Waals surface area contributed by atoms with Gasteiger partial charge in [0.15, 0.2) is 0 Å². The number of urea groups is 1. The van der Waals surface area contributed by atoms with E-state index >= 15 is 0 Å². The molecule has 1 aliphatic carbocycles. The van der Waals surface area contributed by atoms with E-state index < -0.39 is 0 Å². The molecule has 0 aromatic heterocycles. The Balaban J connectivity index is 1.62. The third-order valence-electron chi connectivity index (χ3n) is 5.10. The highest BCUT2D eigenvalue weighted by atomic mass is 32.2. The number of amides is 2. The quantitative estimate of drug-likeness (QED) is 0.539. The number of carbonyl (C=O) groups excluding carboxylic acids is 1. The normalized spacial score (nSPS) is 26.5. The Morgan fingerprint density at radius 1 is 1.42 bits per heavy atom. The molecule has 2 aliphatic rings. The largest absolute Gasteiger partial charge is 0.393 e. The molecule has 0 spiro atoms. The molecule has 6 heteroatoms. The smallest absolute Gasteiger partial charge is 0.315 e. The Labute approximate surface area is 150 Å². The number of nitrogens with two attached hydrogens (primary N) is 1. The number of nitrogens with one attached hydrogen (secondary N) is 2. The van der Waals surface area contributed by atoms with Crippen LogP contribution in [0.2, 0.25) is 0 Å². The van der Waals surface area contributed by atoms with Crippen LogP contribution in [0.15, 0.2) is 11.0 Å². The van der Waals surface area contributed by atoms with Gasteiger partial charge in [-0.1, -0.05) is 12.5 Å². The zero-order valence-corrected chi connectivity index (χ0v) is 15.6. The Morgan fingerprint density at radius 3 is 2.79 bits per heavy atom. The number of carbonyl (C=O) groups is 1. The van der Waals surface area contributed by atoms with Crippen LogP contribution in [-0.4, -0.2) is 41.6 Å². The molecule has 5 N–H and O–H groups in total. The molecule has 2 amide bonds. The fourth-order valence-electron chi connectivity index (χ4n) is 3.54. The minimum absolute atomic E-state index is 0.00925. The van der Waals surface area contributed by atoms with Crippen molar-refractivity contribution in [2.75, 3.05) is 12.3 Å². The summed E-state index contributed by atoms with van der Waals surface area (Å²) in [6, 6.07) is 0.0821. The summed E-state index contributed by atoms with van der Waals surface area (Å²) in [5, 5.41) is 17.8. The number of rotatable bonds is 8. The van der Waals surface area contributed by atoms with Gasteiger partial charge in [0.1, 0.15) is 0 Å². The molecule has 0 bridgehead atoms. The Bertz CT molecular complexity index is 422. The summed E-state index contributed by atoms with van der Waals surface area (Å²) in [5.41, 5.74) is 7.61. The fourth-order valence-corrected chi connectivity index (χ4v) is 4.49. The zero-order valence-electron chi connectivity index (χ0n) is 14.8. The maximum absolute atomic E-state index is 12.1. The molecule has 1 saturated carbocycles. The van der Waals surface area contributed by atoms with Gasteiger partial charge >= 0.3 is 6.03 Å². The SMILES string of the molecule is CC[C@@H](CC1=CSCC1)NC(=O)NC[C@@H](N)CC1CCC(O)CC1. The molecule has 0 aromatic rings. The average Bonchev–Trinajstić information content (AvgIpc) is 3.07. The molecule has 2 atom stereocenters. The van der Waals surface area contributed by atoms with Gasteiger partial charge in [0.2, 0.25) is 0 Å². The topological polar surface area (TPSA) is 87.4 Å². The summed E-state index contributed by atoms with van der Waals surface area (Å²) >= 11 is 1.86. The molecule has 1 heterocycles. The second kappa shape index (κ2) is 10.3. The molecule has 0 aromatic carbocycles. The molecule has 5 nitrogen and oxygen atoms in total. The summed E-state index contributed by atoms with van der Waals surface area (Å²) in [7, 11) is 0. The van der Waals surface area contributed by atoms with Crippen LogP contribution >= 0.6 is 11.8 Å². The maximum Gasteiger partial charge on any atom is 0.315 e. The lowest BCUT2D eigenvalue weighted by Crippen LogP contribution is -2.46. The van der Waals surface area contributed by atoms with Crippen LogP contribution in [0, 0.1) is 5.92 Å². The van der Waals surface area contributed by atoms with Gasteiger partial charge in [-0.15, -0.1) is 11.8 Å². The van der Waals surface area contributed by atoms with Crippen LogP contribution in [0.5, 0.6) is 0 Å². The Kier molecular flexibility index (Phi) is 8.42. The van der Waals surface area contributed by atoms with Crippen molar-refractivity contribution in [3.63, 3.8) is 0 Å². The Hall–Kier alpha value is -0.720. The molecule has 2 rings (SSSR count). The first kappa shape index (κ1) is 19.6. The molecule has 0 radical (unpaired) electrons. The predicted molar refractivity (Wildman–Crippen MR) is 101 cm³/mol. The van der Waals surface area contributed by atoms with Gasteiger partial charge in [0.05, 0.1) is 6.10 Å². The van der Waals surface area contributed by atoms with E-state index in [4.69, 9.17) is 5.73 Å². The summed E-state index contributed by atoms with van der Waals surface area (Å²) < 4.78 is 0. The highest BCUT2D eigenvalue weighted by molar-refractivity contribution is 8.02. The summed E-state index contributed by atoms with van der Waals surface area (Å²) in [6.07, 6.45) is 7.70. The standard InChI is InChI=1S/C18H33N3O2S/c1-2-16(10-14-7-8-24-12-14)21-18(23)20-11-15(19)9-13-3-5-17(22)6-4-13/h12-13,15-17,22H,2-11,19H2,1H3,(H2,20,21,23)/t13?,15-,16-,17?/m0/s1. The van der Waals surface area contributed by atoms with Gasteiger partial charge in [-0.3, -0.25) is 0 Å². The first-order chi connectivity index (χ1) is 11.6. The van der Waals surface area contributed by atoms with Crippen LogP contribution in [0.25, 0.3) is 0 Å². The van der Waals surface area contributed by atoms with Crippen LogP contribution in [-0.2, 0) is 0 Å². The van der Waals surface area contributed by atoms with E-state index in [0.29, 0.717) is 12.5 Å². The lowest BCUT2D eigenvalue weighted by Gasteiger charge is -2.27. The number of aliphatic hydroxyl groups is 1. The molecule has 1 fully saturated rings. The maximum atomic E-state index is 12.1.